The van der Waals surface area contributed by atoms with Crippen LogP contribution in [0.2, 0.25) is 0 Å². The molecule has 4 rings (SSSR count). The molecular formula is C16H8O2S4. The van der Waals surface area contributed by atoms with Gasteiger partial charge in [0, 0.05) is 16.7 Å². The number of phenols is 2. The Morgan fingerprint density at radius 3 is 1.64 bits per heavy atom. The number of hydrogen-bond donors (Lipinski definition) is 2. The maximum atomic E-state index is 9.99. The summed E-state index contributed by atoms with van der Waals surface area (Å²) in [5, 5.41) is 20.0. The summed E-state index contributed by atoms with van der Waals surface area (Å²) in [6.07, 6.45) is 0. The Morgan fingerprint density at radius 1 is 0.727 bits per heavy atom. The van der Waals surface area contributed by atoms with Crippen molar-refractivity contribution >= 4 is 57.7 Å². The van der Waals surface area contributed by atoms with E-state index in [0.29, 0.717) is 9.79 Å². The van der Waals surface area contributed by atoms with Crippen molar-refractivity contribution in [1.29, 1.82) is 0 Å². The highest BCUT2D eigenvalue weighted by molar-refractivity contribution is 8.25. The van der Waals surface area contributed by atoms with Crippen LogP contribution in [-0.2, 0) is 0 Å². The molecule has 0 spiro atoms. The van der Waals surface area contributed by atoms with E-state index in [1.165, 1.54) is 35.7 Å². The second-order valence-corrected chi connectivity index (χ2v) is 7.95. The summed E-state index contributed by atoms with van der Waals surface area (Å²) < 4.78 is 0.915. The highest BCUT2D eigenvalue weighted by atomic mass is 32.2. The number of thioether (sulfide) groups is 2. The van der Waals surface area contributed by atoms with E-state index in [1.807, 2.05) is 24.3 Å². The molecule has 0 amide bonds. The molecule has 2 N–H and O–H groups in total. The Hall–Kier alpha value is -1.34. The van der Waals surface area contributed by atoms with Crippen LogP contribution in [0.5, 0.6) is 11.5 Å². The summed E-state index contributed by atoms with van der Waals surface area (Å²) >= 11 is 14.0. The lowest BCUT2D eigenvalue weighted by molar-refractivity contribution is 0.436. The van der Waals surface area contributed by atoms with Crippen LogP contribution in [-0.4, -0.2) is 19.9 Å². The van der Waals surface area contributed by atoms with Gasteiger partial charge in [0.15, 0.2) is 0 Å². The van der Waals surface area contributed by atoms with Crippen molar-refractivity contribution < 1.29 is 10.2 Å². The Morgan fingerprint density at radius 2 is 1.18 bits per heavy atom. The van der Waals surface area contributed by atoms with Crippen molar-refractivity contribution in [2.75, 3.05) is 0 Å². The van der Waals surface area contributed by atoms with Crippen LogP contribution in [0.25, 0.3) is 0 Å². The van der Waals surface area contributed by atoms with Gasteiger partial charge in [0.05, 0.1) is 23.8 Å². The first-order valence-electron chi connectivity index (χ1n) is 6.41. The third kappa shape index (κ3) is 1.95. The van der Waals surface area contributed by atoms with Crippen LogP contribution in [0.1, 0.15) is 11.1 Å². The van der Waals surface area contributed by atoms with Crippen LogP contribution in [0.3, 0.4) is 0 Å². The van der Waals surface area contributed by atoms with E-state index < -0.39 is 0 Å². The predicted octanol–water partition coefficient (Wildman–Crippen LogP) is 4.66. The molecular weight excluding hydrogens is 352 g/mol. The van der Waals surface area contributed by atoms with Crippen molar-refractivity contribution in [3.05, 3.63) is 57.3 Å². The summed E-state index contributed by atoms with van der Waals surface area (Å²) in [5.41, 5.74) is 2.82. The fourth-order valence-corrected chi connectivity index (χ4v) is 6.21. The second-order valence-electron chi connectivity index (χ2n) is 4.83. The number of hydrogen-bond acceptors (Lipinski definition) is 6. The molecule has 2 aliphatic rings. The van der Waals surface area contributed by atoms with Gasteiger partial charge >= 0.3 is 0 Å². The molecule has 2 nitrogen and oxygen atoms in total. The maximum Gasteiger partial charge on any atom is 0.130 e. The number of benzene rings is 2. The lowest BCUT2D eigenvalue weighted by Crippen LogP contribution is -1.99. The molecule has 0 unspecified atom stereocenters. The van der Waals surface area contributed by atoms with Gasteiger partial charge in [-0.05, 0) is 12.1 Å². The van der Waals surface area contributed by atoms with E-state index in [1.54, 1.807) is 0 Å². The average molecular weight is 361 g/mol. The van der Waals surface area contributed by atoms with Gasteiger partial charge in [-0.2, -0.15) is 0 Å². The molecule has 6 heteroatoms. The molecule has 1 aliphatic heterocycles. The molecule has 0 fully saturated rings. The first-order chi connectivity index (χ1) is 10.6. The molecule has 108 valence electrons. The maximum absolute atomic E-state index is 9.99. The van der Waals surface area contributed by atoms with Crippen LogP contribution in [0.15, 0.2) is 56.0 Å². The van der Waals surface area contributed by atoms with E-state index in [2.05, 4.69) is 0 Å². The highest BCUT2D eigenvalue weighted by Crippen LogP contribution is 2.59. The summed E-state index contributed by atoms with van der Waals surface area (Å²) in [6, 6.07) is 10.8. The predicted molar refractivity (Wildman–Crippen MR) is 98.4 cm³/mol. The summed E-state index contributed by atoms with van der Waals surface area (Å²) in [5.74, 6) is 0.321. The van der Waals surface area contributed by atoms with Crippen LogP contribution >= 0.6 is 48.0 Å². The van der Waals surface area contributed by atoms with Crippen LogP contribution in [0.4, 0.5) is 0 Å². The first-order valence-corrected chi connectivity index (χ1v) is 8.86. The molecule has 22 heavy (non-hydrogen) atoms. The quantitative estimate of drug-likeness (QED) is 0.405. The molecule has 0 saturated heterocycles. The number of rotatable bonds is 0. The zero-order chi connectivity index (χ0) is 15.4. The summed E-state index contributed by atoms with van der Waals surface area (Å²) in [7, 11) is 0. The topological polar surface area (TPSA) is 40.5 Å². The minimum Gasteiger partial charge on any atom is -0.507 e. The second kappa shape index (κ2) is 5.09. The molecule has 0 radical (unpaired) electrons. The van der Waals surface area contributed by atoms with Gasteiger partial charge in [-0.25, -0.2) is 0 Å². The van der Waals surface area contributed by atoms with Gasteiger partial charge in [-0.15, -0.1) is 0 Å². The SMILES string of the molecule is Oc1ccc(O)c2c1SC(=C1C(=S)c3ccccc3C1=S)S2. The number of thiocarbonyl (C=S) groups is 2. The van der Waals surface area contributed by atoms with E-state index in [-0.39, 0.29) is 11.5 Å². The molecule has 1 aliphatic carbocycles. The molecule has 2 aromatic carbocycles. The molecule has 0 bridgehead atoms. The van der Waals surface area contributed by atoms with Gasteiger partial charge in [0.1, 0.15) is 11.5 Å². The lowest BCUT2D eigenvalue weighted by Gasteiger charge is -2.02. The van der Waals surface area contributed by atoms with Crippen molar-refractivity contribution in [3.63, 3.8) is 0 Å². The summed E-state index contributed by atoms with van der Waals surface area (Å²) in [4.78, 5) is 2.80. The van der Waals surface area contributed by atoms with Crippen molar-refractivity contribution in [2.24, 2.45) is 0 Å². The van der Waals surface area contributed by atoms with Gasteiger partial charge in [0.2, 0.25) is 0 Å². The molecule has 0 atom stereocenters. The van der Waals surface area contributed by atoms with E-state index in [9.17, 15) is 10.2 Å². The van der Waals surface area contributed by atoms with Gasteiger partial charge < -0.3 is 10.2 Å². The van der Waals surface area contributed by atoms with E-state index in [4.69, 9.17) is 24.4 Å². The molecule has 2 aromatic rings. The first kappa shape index (κ1) is 14.3. The smallest absolute Gasteiger partial charge is 0.130 e. The Balaban J connectivity index is 1.86. The fraction of sp³-hybridized carbons (Fsp3) is 0. The fourth-order valence-electron chi connectivity index (χ4n) is 2.48. The third-order valence-corrected chi connectivity index (χ3v) is 7.03. The van der Waals surface area contributed by atoms with Gasteiger partial charge in [-0.3, -0.25) is 0 Å². The largest absolute Gasteiger partial charge is 0.507 e. The Kier molecular flexibility index (Phi) is 3.30. The minimum absolute atomic E-state index is 0.160. The molecule has 1 heterocycles. The Labute approximate surface area is 146 Å². The lowest BCUT2D eigenvalue weighted by atomic mass is 10.1. The van der Waals surface area contributed by atoms with E-state index in [0.717, 1.165) is 30.7 Å². The minimum atomic E-state index is 0.160. The number of phenolic OH excluding ortho intramolecular Hbond substituents is 2. The molecule has 0 aromatic heterocycles. The third-order valence-electron chi connectivity index (χ3n) is 3.53. The summed E-state index contributed by atoms with van der Waals surface area (Å²) in [6.45, 7) is 0. The van der Waals surface area contributed by atoms with Crippen molar-refractivity contribution in [1.82, 2.24) is 0 Å². The average Bonchev–Trinajstić information content (AvgIpc) is 3.06. The van der Waals surface area contributed by atoms with Gasteiger partial charge in [-0.1, -0.05) is 72.2 Å². The molecule has 0 saturated carbocycles. The van der Waals surface area contributed by atoms with E-state index >= 15 is 0 Å². The zero-order valence-corrected chi connectivity index (χ0v) is 14.3. The van der Waals surface area contributed by atoms with Crippen LogP contribution in [0, 0.1) is 0 Å². The van der Waals surface area contributed by atoms with Crippen LogP contribution < -0.4 is 0 Å². The van der Waals surface area contributed by atoms with Gasteiger partial charge in [0.25, 0.3) is 0 Å². The zero-order valence-electron chi connectivity index (χ0n) is 11.0. The van der Waals surface area contributed by atoms with Crippen molar-refractivity contribution in [2.45, 2.75) is 9.79 Å². The normalized spacial score (nSPS) is 16.2. The Bertz CT molecular complexity index is 829. The monoisotopic (exact) mass is 360 g/mol. The van der Waals surface area contributed by atoms with Crippen molar-refractivity contribution in [3.8, 4) is 11.5 Å². The number of fused-ring (bicyclic) bond motifs is 2. The highest BCUT2D eigenvalue weighted by Gasteiger charge is 2.34. The number of allylic oxidation sites excluding steroid dienone is 1. The number of aromatic hydroxyl groups is 2. The standard InChI is InChI=1S/C16H8O2S4/c17-9-5-6-10(18)15-14(9)21-16(22-15)11-12(19)7-3-1-2-4-8(7)13(11)20/h1-6,17-18H.